The van der Waals surface area contributed by atoms with Gasteiger partial charge in [-0.1, -0.05) is 36.4 Å². The molecule has 2 aromatic rings. The van der Waals surface area contributed by atoms with Crippen LogP contribution in [-0.4, -0.2) is 47.9 Å². The molecular formula is C22H28Cl2FN3O. The Morgan fingerprint density at radius 2 is 1.79 bits per heavy atom. The fourth-order valence-electron chi connectivity index (χ4n) is 4.09. The number of halogens is 3. The van der Waals surface area contributed by atoms with E-state index in [2.05, 4.69) is 22.3 Å². The van der Waals surface area contributed by atoms with Crippen molar-refractivity contribution < 1.29 is 9.18 Å². The van der Waals surface area contributed by atoms with E-state index in [1.54, 1.807) is 12.1 Å². The van der Waals surface area contributed by atoms with Crippen molar-refractivity contribution in [3.05, 3.63) is 71.0 Å². The number of carbonyl (C=O) groups is 1. The maximum atomic E-state index is 13.4. The van der Waals surface area contributed by atoms with Gasteiger partial charge in [-0.15, -0.1) is 24.8 Å². The Bertz CT molecular complexity index is 820. The minimum Gasteiger partial charge on any atom is -0.340 e. The first kappa shape index (κ1) is 23.6. The van der Waals surface area contributed by atoms with Crippen LogP contribution in [0.4, 0.5) is 4.39 Å². The van der Waals surface area contributed by atoms with Gasteiger partial charge in [0.25, 0.3) is 0 Å². The summed E-state index contributed by atoms with van der Waals surface area (Å²) in [6.07, 6.45) is 1.71. The normalized spacial score (nSPS) is 19.3. The fraction of sp³-hybridized carbons (Fsp3) is 0.409. The molecule has 29 heavy (non-hydrogen) atoms. The van der Waals surface area contributed by atoms with Gasteiger partial charge in [0.15, 0.2) is 0 Å². The zero-order valence-electron chi connectivity index (χ0n) is 16.4. The molecule has 2 aliphatic heterocycles. The number of hydrogen-bond acceptors (Lipinski definition) is 3. The van der Waals surface area contributed by atoms with Crippen LogP contribution >= 0.6 is 24.8 Å². The summed E-state index contributed by atoms with van der Waals surface area (Å²) >= 11 is 0. The van der Waals surface area contributed by atoms with E-state index < -0.39 is 0 Å². The number of nitrogens with zero attached hydrogens (tertiary/aromatic N) is 2. The molecule has 1 N–H and O–H groups in total. The molecule has 2 heterocycles. The summed E-state index contributed by atoms with van der Waals surface area (Å²) in [5.74, 6) is 0.0138. The van der Waals surface area contributed by atoms with E-state index in [1.807, 2.05) is 23.1 Å². The quantitative estimate of drug-likeness (QED) is 0.795. The second-order valence-corrected chi connectivity index (χ2v) is 7.49. The minimum atomic E-state index is -0.192. The molecule has 0 unspecified atom stereocenters. The molecule has 2 aliphatic rings. The standard InChI is InChI=1S/C22H26FN3O.2ClH/c23-20-8-3-5-17(13-20)16-25-9-4-10-26(12-11-25)22(27)21-14-18-6-1-2-7-19(18)15-24-21;;/h1-3,5-8,13,21,24H,4,9-12,14-16H2;2*1H/t21-;;/m1../s1. The molecular weight excluding hydrogens is 412 g/mol. The van der Waals surface area contributed by atoms with E-state index in [1.165, 1.54) is 17.2 Å². The number of rotatable bonds is 3. The first-order valence-electron chi connectivity index (χ1n) is 9.75. The molecule has 7 heteroatoms. The number of fused-ring (bicyclic) bond motifs is 1. The van der Waals surface area contributed by atoms with Crippen molar-refractivity contribution in [2.45, 2.75) is 32.0 Å². The van der Waals surface area contributed by atoms with Crippen LogP contribution in [0.2, 0.25) is 0 Å². The summed E-state index contributed by atoms with van der Waals surface area (Å²) in [4.78, 5) is 17.3. The van der Waals surface area contributed by atoms with Crippen LogP contribution in [0.1, 0.15) is 23.1 Å². The molecule has 4 rings (SSSR count). The molecule has 1 atom stereocenters. The Balaban J connectivity index is 0.00000150. The highest BCUT2D eigenvalue weighted by atomic mass is 35.5. The summed E-state index contributed by atoms with van der Waals surface area (Å²) in [7, 11) is 0. The third kappa shape index (κ3) is 5.92. The number of nitrogens with one attached hydrogen (secondary N) is 1. The average Bonchev–Trinajstić information content (AvgIpc) is 2.93. The Labute approximate surface area is 184 Å². The molecule has 0 radical (unpaired) electrons. The van der Waals surface area contributed by atoms with Crippen molar-refractivity contribution in [1.29, 1.82) is 0 Å². The van der Waals surface area contributed by atoms with Gasteiger partial charge < -0.3 is 10.2 Å². The van der Waals surface area contributed by atoms with Crippen LogP contribution in [0.5, 0.6) is 0 Å². The van der Waals surface area contributed by atoms with E-state index in [0.717, 1.165) is 57.7 Å². The molecule has 0 bridgehead atoms. The molecule has 0 saturated carbocycles. The Morgan fingerprint density at radius 1 is 1.00 bits per heavy atom. The highest BCUT2D eigenvalue weighted by Gasteiger charge is 2.29. The van der Waals surface area contributed by atoms with Crippen LogP contribution < -0.4 is 5.32 Å². The number of hydrogen-bond donors (Lipinski definition) is 1. The monoisotopic (exact) mass is 439 g/mol. The lowest BCUT2D eigenvalue weighted by atomic mass is 9.95. The lowest BCUT2D eigenvalue weighted by Gasteiger charge is -2.30. The number of benzene rings is 2. The fourth-order valence-corrected chi connectivity index (χ4v) is 4.09. The summed E-state index contributed by atoms with van der Waals surface area (Å²) < 4.78 is 13.4. The maximum absolute atomic E-state index is 13.4. The lowest BCUT2D eigenvalue weighted by Crippen LogP contribution is -2.50. The summed E-state index contributed by atoms with van der Waals surface area (Å²) in [5, 5.41) is 3.40. The molecule has 0 aromatic heterocycles. The van der Waals surface area contributed by atoms with E-state index in [0.29, 0.717) is 0 Å². The molecule has 158 valence electrons. The topological polar surface area (TPSA) is 35.6 Å². The van der Waals surface area contributed by atoms with Gasteiger partial charge in [-0.05, 0) is 41.7 Å². The average molecular weight is 440 g/mol. The Morgan fingerprint density at radius 3 is 2.59 bits per heavy atom. The van der Waals surface area contributed by atoms with E-state index in [-0.39, 0.29) is 42.6 Å². The van der Waals surface area contributed by atoms with Crippen molar-refractivity contribution in [2.75, 3.05) is 26.2 Å². The predicted octanol–water partition coefficient (Wildman–Crippen LogP) is 3.42. The second-order valence-electron chi connectivity index (χ2n) is 7.49. The molecule has 4 nitrogen and oxygen atoms in total. The third-order valence-corrected chi connectivity index (χ3v) is 5.57. The van der Waals surface area contributed by atoms with Gasteiger partial charge in [0.1, 0.15) is 5.82 Å². The van der Waals surface area contributed by atoms with Crippen LogP contribution in [0.25, 0.3) is 0 Å². The van der Waals surface area contributed by atoms with Gasteiger partial charge >= 0.3 is 0 Å². The van der Waals surface area contributed by atoms with Gasteiger partial charge in [-0.25, -0.2) is 4.39 Å². The number of carbonyl (C=O) groups excluding carboxylic acids is 1. The van der Waals surface area contributed by atoms with Crippen LogP contribution in [-0.2, 0) is 24.3 Å². The van der Waals surface area contributed by atoms with E-state index >= 15 is 0 Å². The van der Waals surface area contributed by atoms with Gasteiger partial charge in [0.05, 0.1) is 6.04 Å². The van der Waals surface area contributed by atoms with Crippen molar-refractivity contribution in [3.63, 3.8) is 0 Å². The highest BCUT2D eigenvalue weighted by Crippen LogP contribution is 2.18. The van der Waals surface area contributed by atoms with Gasteiger partial charge in [0, 0.05) is 39.3 Å². The third-order valence-electron chi connectivity index (χ3n) is 5.57. The van der Waals surface area contributed by atoms with Crippen molar-refractivity contribution in [1.82, 2.24) is 15.1 Å². The SMILES string of the molecule is Cl.Cl.O=C([C@H]1Cc2ccccc2CN1)N1CCCN(Cc2cccc(F)c2)CC1. The minimum absolute atomic E-state index is 0. The Hall–Kier alpha value is -1.66. The van der Waals surface area contributed by atoms with Crippen molar-refractivity contribution in [3.8, 4) is 0 Å². The molecule has 1 amide bonds. The van der Waals surface area contributed by atoms with Gasteiger partial charge in [-0.3, -0.25) is 9.69 Å². The molecule has 0 spiro atoms. The smallest absolute Gasteiger partial charge is 0.240 e. The molecule has 1 fully saturated rings. The predicted molar refractivity (Wildman–Crippen MR) is 118 cm³/mol. The van der Waals surface area contributed by atoms with Crippen molar-refractivity contribution in [2.24, 2.45) is 0 Å². The summed E-state index contributed by atoms with van der Waals surface area (Å²) in [5.41, 5.74) is 3.55. The first-order chi connectivity index (χ1) is 13.2. The highest BCUT2D eigenvalue weighted by molar-refractivity contribution is 5.85. The van der Waals surface area contributed by atoms with Crippen molar-refractivity contribution >= 4 is 30.7 Å². The zero-order valence-corrected chi connectivity index (χ0v) is 18.0. The Kier molecular flexibility index (Phi) is 8.90. The zero-order chi connectivity index (χ0) is 18.6. The van der Waals surface area contributed by atoms with Crippen LogP contribution in [0.15, 0.2) is 48.5 Å². The summed E-state index contributed by atoms with van der Waals surface area (Å²) in [6, 6.07) is 15.0. The van der Waals surface area contributed by atoms with Crippen LogP contribution in [0, 0.1) is 5.82 Å². The number of amides is 1. The largest absolute Gasteiger partial charge is 0.340 e. The van der Waals surface area contributed by atoms with Gasteiger partial charge in [-0.2, -0.15) is 0 Å². The molecule has 0 aliphatic carbocycles. The lowest BCUT2D eigenvalue weighted by molar-refractivity contribution is -0.133. The van der Waals surface area contributed by atoms with E-state index in [9.17, 15) is 9.18 Å². The van der Waals surface area contributed by atoms with Crippen LogP contribution in [0.3, 0.4) is 0 Å². The molecule has 2 aromatic carbocycles. The first-order valence-corrected chi connectivity index (χ1v) is 9.75. The van der Waals surface area contributed by atoms with E-state index in [4.69, 9.17) is 0 Å². The molecule has 1 saturated heterocycles. The van der Waals surface area contributed by atoms with Gasteiger partial charge in [0.2, 0.25) is 5.91 Å². The summed E-state index contributed by atoms with van der Waals surface area (Å²) in [6.45, 7) is 4.76. The maximum Gasteiger partial charge on any atom is 0.240 e. The second kappa shape index (κ2) is 10.9.